The van der Waals surface area contributed by atoms with Crippen LogP contribution in [0.2, 0.25) is 0 Å². The van der Waals surface area contributed by atoms with Crippen molar-refractivity contribution in [3.05, 3.63) is 47.2 Å². The van der Waals surface area contributed by atoms with Crippen molar-refractivity contribution in [3.63, 3.8) is 0 Å². The molecular formula is C17H22N4O2. The van der Waals surface area contributed by atoms with Gasteiger partial charge in [-0.15, -0.1) is 0 Å². The van der Waals surface area contributed by atoms with Crippen molar-refractivity contribution in [2.24, 2.45) is 0 Å². The van der Waals surface area contributed by atoms with Crippen molar-refractivity contribution in [3.8, 4) is 0 Å². The summed E-state index contributed by atoms with van der Waals surface area (Å²) in [5.74, 6) is 1.15. The van der Waals surface area contributed by atoms with Crippen LogP contribution >= 0.6 is 0 Å². The summed E-state index contributed by atoms with van der Waals surface area (Å²) in [7, 11) is 0. The van der Waals surface area contributed by atoms with Gasteiger partial charge in [0.15, 0.2) is 5.82 Å². The van der Waals surface area contributed by atoms with E-state index < -0.39 is 0 Å². The summed E-state index contributed by atoms with van der Waals surface area (Å²) >= 11 is 0. The lowest BCUT2D eigenvalue weighted by atomic mass is 10.1. The molecule has 1 aromatic heterocycles. The van der Waals surface area contributed by atoms with Crippen molar-refractivity contribution >= 4 is 11.8 Å². The Morgan fingerprint density at radius 3 is 2.61 bits per heavy atom. The molecule has 0 spiro atoms. The molecule has 0 saturated carbocycles. The quantitative estimate of drug-likeness (QED) is 0.946. The normalized spacial score (nSPS) is 15.7. The van der Waals surface area contributed by atoms with Crippen LogP contribution in [0, 0.1) is 13.8 Å². The number of urea groups is 1. The number of carbonyl (C=O) groups is 1. The minimum atomic E-state index is -0.117. The van der Waals surface area contributed by atoms with E-state index in [-0.39, 0.29) is 6.03 Å². The Balaban J connectivity index is 1.50. The average molecular weight is 314 g/mol. The van der Waals surface area contributed by atoms with Crippen molar-refractivity contribution < 1.29 is 9.32 Å². The first kappa shape index (κ1) is 15.6. The van der Waals surface area contributed by atoms with Crippen LogP contribution in [-0.4, -0.2) is 47.2 Å². The number of nitrogens with one attached hydrogen (secondary N) is 1. The molecule has 1 saturated heterocycles. The fourth-order valence-corrected chi connectivity index (χ4v) is 2.75. The topological polar surface area (TPSA) is 61.6 Å². The molecule has 23 heavy (non-hydrogen) atoms. The fourth-order valence-electron chi connectivity index (χ4n) is 2.75. The summed E-state index contributed by atoms with van der Waals surface area (Å²) in [5, 5.41) is 6.56. The van der Waals surface area contributed by atoms with Crippen LogP contribution in [0.15, 0.2) is 34.9 Å². The van der Waals surface area contributed by atoms with E-state index in [1.165, 1.54) is 11.1 Å². The Kier molecular flexibility index (Phi) is 4.62. The fraction of sp³-hybridized carbons (Fsp3) is 0.412. The molecule has 2 heterocycles. The van der Waals surface area contributed by atoms with Gasteiger partial charge in [0, 0.05) is 38.8 Å². The molecule has 6 heteroatoms. The predicted octanol–water partition coefficient (Wildman–Crippen LogP) is 2.64. The van der Waals surface area contributed by atoms with E-state index in [1.54, 1.807) is 13.0 Å². The van der Waals surface area contributed by atoms with E-state index >= 15 is 0 Å². The molecule has 0 aliphatic carbocycles. The van der Waals surface area contributed by atoms with Gasteiger partial charge in [0.05, 0.1) is 0 Å². The Morgan fingerprint density at radius 1 is 1.22 bits per heavy atom. The maximum absolute atomic E-state index is 12.2. The molecular weight excluding hydrogens is 292 g/mol. The number of anilines is 1. The van der Waals surface area contributed by atoms with Crippen LogP contribution in [0.4, 0.5) is 10.6 Å². The highest BCUT2D eigenvalue weighted by atomic mass is 16.5. The lowest BCUT2D eigenvalue weighted by molar-refractivity contribution is 0.142. The van der Waals surface area contributed by atoms with Gasteiger partial charge in [0.1, 0.15) is 5.76 Å². The van der Waals surface area contributed by atoms with Gasteiger partial charge in [0.25, 0.3) is 0 Å². The van der Waals surface area contributed by atoms with Gasteiger partial charge in [0.2, 0.25) is 0 Å². The molecule has 122 valence electrons. The Labute approximate surface area is 136 Å². The van der Waals surface area contributed by atoms with Gasteiger partial charge in [-0.25, -0.2) is 4.79 Å². The van der Waals surface area contributed by atoms with Crippen LogP contribution in [0.3, 0.4) is 0 Å². The van der Waals surface area contributed by atoms with Crippen LogP contribution in [0.25, 0.3) is 0 Å². The third-order valence-corrected chi connectivity index (χ3v) is 4.18. The van der Waals surface area contributed by atoms with Crippen LogP contribution in [0.1, 0.15) is 16.9 Å². The minimum absolute atomic E-state index is 0.117. The van der Waals surface area contributed by atoms with Crippen molar-refractivity contribution in [2.75, 3.05) is 31.5 Å². The van der Waals surface area contributed by atoms with Gasteiger partial charge in [-0.3, -0.25) is 10.2 Å². The Hall–Kier alpha value is -2.34. The number of amides is 2. The first-order valence-electron chi connectivity index (χ1n) is 7.88. The molecule has 0 bridgehead atoms. The second-order valence-corrected chi connectivity index (χ2v) is 5.94. The van der Waals surface area contributed by atoms with Crippen molar-refractivity contribution in [1.29, 1.82) is 0 Å². The average Bonchev–Trinajstić information content (AvgIpc) is 2.95. The zero-order valence-electron chi connectivity index (χ0n) is 13.6. The number of nitrogens with zero attached hydrogens (tertiary/aromatic N) is 3. The van der Waals surface area contributed by atoms with Gasteiger partial charge >= 0.3 is 6.03 Å². The summed E-state index contributed by atoms with van der Waals surface area (Å²) in [4.78, 5) is 16.4. The van der Waals surface area contributed by atoms with E-state index in [0.717, 1.165) is 19.6 Å². The van der Waals surface area contributed by atoms with E-state index in [9.17, 15) is 4.79 Å². The number of aryl methyl sites for hydroxylation is 2. The molecule has 0 unspecified atom stereocenters. The second kappa shape index (κ2) is 6.83. The smallest absolute Gasteiger partial charge is 0.323 e. The summed E-state index contributed by atoms with van der Waals surface area (Å²) in [6.45, 7) is 8.05. The number of hydrogen-bond donors (Lipinski definition) is 1. The first-order valence-corrected chi connectivity index (χ1v) is 7.88. The molecule has 1 aliphatic heterocycles. The standard InChI is InChI=1S/C17H22N4O2/c1-13-5-3-4-6-15(13)12-20-7-9-21(10-8-20)17(22)18-16-11-14(2)23-19-16/h3-6,11H,7-10,12H2,1-2H3,(H,18,19,22). The van der Waals surface area contributed by atoms with Gasteiger partial charge in [-0.2, -0.15) is 0 Å². The lowest BCUT2D eigenvalue weighted by Crippen LogP contribution is -2.49. The third-order valence-electron chi connectivity index (χ3n) is 4.18. The number of benzene rings is 1. The highest BCUT2D eigenvalue weighted by molar-refractivity contribution is 5.88. The number of piperazine rings is 1. The maximum atomic E-state index is 12.2. The molecule has 1 aliphatic rings. The largest absolute Gasteiger partial charge is 0.360 e. The number of carbonyl (C=O) groups excluding carboxylic acids is 1. The van der Waals surface area contributed by atoms with Crippen LogP contribution in [0.5, 0.6) is 0 Å². The van der Waals surface area contributed by atoms with Crippen molar-refractivity contribution in [1.82, 2.24) is 15.0 Å². The number of aromatic nitrogens is 1. The molecule has 1 N–H and O–H groups in total. The lowest BCUT2D eigenvalue weighted by Gasteiger charge is -2.34. The second-order valence-electron chi connectivity index (χ2n) is 5.94. The monoisotopic (exact) mass is 314 g/mol. The Morgan fingerprint density at radius 2 is 1.96 bits per heavy atom. The van der Waals surface area contributed by atoms with E-state index in [1.807, 2.05) is 4.90 Å². The maximum Gasteiger partial charge on any atom is 0.323 e. The highest BCUT2D eigenvalue weighted by Gasteiger charge is 2.22. The SMILES string of the molecule is Cc1cc(NC(=O)N2CCN(Cc3ccccc3C)CC2)no1. The summed E-state index contributed by atoms with van der Waals surface area (Å²) in [6.07, 6.45) is 0. The summed E-state index contributed by atoms with van der Waals surface area (Å²) in [6, 6.07) is 10.0. The summed E-state index contributed by atoms with van der Waals surface area (Å²) < 4.78 is 4.96. The Bertz CT molecular complexity index is 675. The van der Waals surface area contributed by atoms with E-state index in [4.69, 9.17) is 4.52 Å². The molecule has 2 aromatic rings. The van der Waals surface area contributed by atoms with Crippen molar-refractivity contribution in [2.45, 2.75) is 20.4 Å². The van der Waals surface area contributed by atoms with E-state index in [2.05, 4.69) is 46.6 Å². The van der Waals surface area contributed by atoms with Crippen LogP contribution < -0.4 is 5.32 Å². The molecule has 1 aromatic carbocycles. The summed E-state index contributed by atoms with van der Waals surface area (Å²) in [5.41, 5.74) is 2.66. The minimum Gasteiger partial charge on any atom is -0.360 e. The molecule has 3 rings (SSSR count). The van der Waals surface area contributed by atoms with E-state index in [0.29, 0.717) is 24.7 Å². The molecule has 1 fully saturated rings. The molecule has 0 radical (unpaired) electrons. The zero-order chi connectivity index (χ0) is 16.2. The molecule has 0 atom stereocenters. The predicted molar refractivity (Wildman–Crippen MR) is 88.3 cm³/mol. The van der Waals surface area contributed by atoms with Gasteiger partial charge in [-0.1, -0.05) is 29.4 Å². The highest BCUT2D eigenvalue weighted by Crippen LogP contribution is 2.13. The van der Waals surface area contributed by atoms with Crippen LogP contribution in [-0.2, 0) is 6.54 Å². The number of hydrogen-bond acceptors (Lipinski definition) is 4. The molecule has 2 amide bonds. The first-order chi connectivity index (χ1) is 11.1. The number of rotatable bonds is 3. The zero-order valence-corrected chi connectivity index (χ0v) is 13.6. The van der Waals surface area contributed by atoms with Gasteiger partial charge in [-0.05, 0) is 25.0 Å². The molecule has 6 nitrogen and oxygen atoms in total. The van der Waals surface area contributed by atoms with Gasteiger partial charge < -0.3 is 9.42 Å². The third kappa shape index (κ3) is 3.90.